The molecule has 0 unspecified atom stereocenters. The van der Waals surface area contributed by atoms with E-state index in [1.165, 1.54) is 4.88 Å². The summed E-state index contributed by atoms with van der Waals surface area (Å²) in [5, 5.41) is 5.00. The fourth-order valence-electron chi connectivity index (χ4n) is 2.21. The van der Waals surface area contributed by atoms with Crippen LogP contribution in [0.5, 0.6) is 5.75 Å². The van der Waals surface area contributed by atoms with Gasteiger partial charge in [-0.3, -0.25) is 9.69 Å². The molecular weight excluding hydrogens is 296 g/mol. The van der Waals surface area contributed by atoms with E-state index in [9.17, 15) is 4.79 Å². The summed E-state index contributed by atoms with van der Waals surface area (Å²) >= 11 is 1.71. The molecule has 0 aliphatic carbocycles. The number of hydrogen-bond donors (Lipinski definition) is 1. The predicted molar refractivity (Wildman–Crippen MR) is 91.6 cm³/mol. The lowest BCUT2D eigenvalue weighted by molar-refractivity contribution is -0.117. The zero-order valence-corrected chi connectivity index (χ0v) is 14.1. The van der Waals surface area contributed by atoms with E-state index in [0.717, 1.165) is 24.3 Å². The van der Waals surface area contributed by atoms with Crippen LogP contribution in [0.25, 0.3) is 0 Å². The molecule has 0 bridgehead atoms. The van der Waals surface area contributed by atoms with Crippen molar-refractivity contribution in [3.63, 3.8) is 0 Å². The van der Waals surface area contributed by atoms with Gasteiger partial charge in [0.2, 0.25) is 5.91 Å². The van der Waals surface area contributed by atoms with Crippen molar-refractivity contribution < 1.29 is 9.53 Å². The third-order valence-corrected chi connectivity index (χ3v) is 4.26. The second-order valence-corrected chi connectivity index (χ2v) is 6.17. The fourth-order valence-corrected chi connectivity index (χ4v) is 2.96. The second-order valence-electron chi connectivity index (χ2n) is 5.13. The van der Waals surface area contributed by atoms with Crippen molar-refractivity contribution in [1.29, 1.82) is 0 Å². The van der Waals surface area contributed by atoms with Crippen LogP contribution >= 0.6 is 11.3 Å². The number of nitrogens with one attached hydrogen (secondary N) is 1. The molecule has 1 aromatic carbocycles. The van der Waals surface area contributed by atoms with Crippen molar-refractivity contribution >= 4 is 22.9 Å². The summed E-state index contributed by atoms with van der Waals surface area (Å²) in [4.78, 5) is 15.7. The molecule has 0 fully saturated rings. The lowest BCUT2D eigenvalue weighted by Gasteiger charge is -2.19. The number of amides is 1. The van der Waals surface area contributed by atoms with E-state index in [-0.39, 0.29) is 5.91 Å². The van der Waals surface area contributed by atoms with Gasteiger partial charge in [0.1, 0.15) is 5.75 Å². The number of thiophene rings is 1. The predicted octanol–water partition coefficient (Wildman–Crippen LogP) is 3.53. The van der Waals surface area contributed by atoms with Crippen molar-refractivity contribution in [1.82, 2.24) is 4.90 Å². The van der Waals surface area contributed by atoms with Crippen LogP contribution in [-0.2, 0) is 11.3 Å². The van der Waals surface area contributed by atoms with Crippen LogP contribution in [0.15, 0.2) is 35.7 Å². The van der Waals surface area contributed by atoms with E-state index in [4.69, 9.17) is 4.74 Å². The zero-order valence-electron chi connectivity index (χ0n) is 13.3. The number of benzene rings is 1. The summed E-state index contributed by atoms with van der Waals surface area (Å²) in [6.07, 6.45) is 0. The molecule has 4 nitrogen and oxygen atoms in total. The molecule has 22 heavy (non-hydrogen) atoms. The Kier molecular flexibility index (Phi) is 5.98. The van der Waals surface area contributed by atoms with Gasteiger partial charge in [-0.2, -0.15) is 0 Å². The minimum atomic E-state index is -0.0256. The molecule has 5 heteroatoms. The Morgan fingerprint density at radius 1 is 1.36 bits per heavy atom. The number of carbonyl (C=O) groups is 1. The summed E-state index contributed by atoms with van der Waals surface area (Å²) in [6.45, 7) is 6.05. The molecule has 1 N–H and O–H groups in total. The maximum absolute atomic E-state index is 12.3. The van der Waals surface area contributed by atoms with Gasteiger partial charge >= 0.3 is 0 Å². The number of carbonyl (C=O) groups excluding carboxylic acids is 1. The SMILES string of the molecule is CCN(CC(=O)Nc1cc(C)ccc1OC)Cc1cccs1. The van der Waals surface area contributed by atoms with Crippen molar-refractivity contribution in [3.05, 3.63) is 46.2 Å². The highest BCUT2D eigenvalue weighted by molar-refractivity contribution is 7.09. The molecule has 1 heterocycles. The molecule has 0 saturated heterocycles. The molecule has 0 spiro atoms. The first-order chi connectivity index (χ1) is 10.6. The van der Waals surface area contributed by atoms with E-state index in [0.29, 0.717) is 12.3 Å². The minimum Gasteiger partial charge on any atom is -0.495 e. The maximum Gasteiger partial charge on any atom is 0.238 e. The van der Waals surface area contributed by atoms with Gasteiger partial charge in [0.25, 0.3) is 0 Å². The molecule has 2 rings (SSSR count). The monoisotopic (exact) mass is 318 g/mol. The molecule has 0 atom stereocenters. The lowest BCUT2D eigenvalue weighted by Crippen LogP contribution is -2.32. The molecule has 2 aromatic rings. The normalized spacial score (nSPS) is 10.7. The van der Waals surface area contributed by atoms with Gasteiger partial charge in [-0.25, -0.2) is 0 Å². The molecular formula is C17H22N2O2S. The largest absolute Gasteiger partial charge is 0.495 e. The van der Waals surface area contributed by atoms with Gasteiger partial charge in [0, 0.05) is 11.4 Å². The Morgan fingerprint density at radius 2 is 2.18 bits per heavy atom. The quantitative estimate of drug-likeness (QED) is 0.849. The first-order valence-corrected chi connectivity index (χ1v) is 8.19. The highest BCUT2D eigenvalue weighted by Gasteiger charge is 2.12. The van der Waals surface area contributed by atoms with E-state index < -0.39 is 0 Å². The molecule has 118 valence electrons. The number of hydrogen-bond acceptors (Lipinski definition) is 4. The van der Waals surface area contributed by atoms with E-state index >= 15 is 0 Å². The van der Waals surface area contributed by atoms with Gasteiger partial charge in [-0.15, -0.1) is 11.3 Å². The van der Waals surface area contributed by atoms with Crippen LogP contribution in [0.4, 0.5) is 5.69 Å². The van der Waals surface area contributed by atoms with Gasteiger partial charge in [0.15, 0.2) is 0 Å². The summed E-state index contributed by atoms with van der Waals surface area (Å²) in [5.74, 6) is 0.655. The zero-order chi connectivity index (χ0) is 15.9. The lowest BCUT2D eigenvalue weighted by atomic mass is 10.2. The van der Waals surface area contributed by atoms with Gasteiger partial charge in [-0.1, -0.05) is 19.1 Å². The number of methoxy groups -OCH3 is 1. The molecule has 1 amide bonds. The summed E-state index contributed by atoms with van der Waals surface area (Å²) in [5.41, 5.74) is 1.81. The van der Waals surface area contributed by atoms with Crippen molar-refractivity contribution in [2.45, 2.75) is 20.4 Å². The van der Waals surface area contributed by atoms with Crippen LogP contribution in [0, 0.1) is 6.92 Å². The van der Waals surface area contributed by atoms with Crippen LogP contribution in [-0.4, -0.2) is 31.0 Å². The molecule has 1 aromatic heterocycles. The summed E-state index contributed by atoms with van der Waals surface area (Å²) in [6, 6.07) is 9.88. The van der Waals surface area contributed by atoms with Gasteiger partial charge in [-0.05, 0) is 42.6 Å². The Labute approximate surface area is 135 Å². The number of rotatable bonds is 7. The molecule has 0 aliphatic heterocycles. The van der Waals surface area contributed by atoms with Crippen LogP contribution in [0.3, 0.4) is 0 Å². The topological polar surface area (TPSA) is 41.6 Å². The summed E-state index contributed by atoms with van der Waals surface area (Å²) < 4.78 is 5.29. The van der Waals surface area contributed by atoms with E-state index in [2.05, 4.69) is 28.6 Å². The van der Waals surface area contributed by atoms with Crippen molar-refractivity contribution in [2.75, 3.05) is 25.5 Å². The third kappa shape index (κ3) is 4.58. The van der Waals surface area contributed by atoms with E-state index in [1.54, 1.807) is 18.4 Å². The Hall–Kier alpha value is -1.85. The third-order valence-electron chi connectivity index (χ3n) is 3.40. The second kappa shape index (κ2) is 7.96. The minimum absolute atomic E-state index is 0.0256. The summed E-state index contributed by atoms with van der Waals surface area (Å²) in [7, 11) is 1.61. The Morgan fingerprint density at radius 3 is 2.82 bits per heavy atom. The first kappa shape index (κ1) is 16.5. The molecule has 0 aliphatic rings. The Balaban J connectivity index is 1.98. The van der Waals surface area contributed by atoms with Crippen LogP contribution in [0.1, 0.15) is 17.4 Å². The number of ether oxygens (including phenoxy) is 1. The van der Waals surface area contributed by atoms with Crippen molar-refractivity contribution in [2.24, 2.45) is 0 Å². The molecule has 0 radical (unpaired) electrons. The number of aryl methyl sites for hydroxylation is 1. The fraction of sp³-hybridized carbons (Fsp3) is 0.353. The first-order valence-electron chi connectivity index (χ1n) is 7.31. The average molecular weight is 318 g/mol. The van der Waals surface area contributed by atoms with E-state index in [1.807, 2.05) is 31.2 Å². The highest BCUT2D eigenvalue weighted by Crippen LogP contribution is 2.25. The number of nitrogens with zero attached hydrogens (tertiary/aromatic N) is 1. The van der Waals surface area contributed by atoms with Crippen molar-refractivity contribution in [3.8, 4) is 5.75 Å². The molecule has 0 saturated carbocycles. The number of anilines is 1. The number of likely N-dealkylation sites (N-methyl/N-ethyl adjacent to an activating group) is 1. The van der Waals surface area contributed by atoms with Crippen LogP contribution in [0.2, 0.25) is 0 Å². The van der Waals surface area contributed by atoms with Gasteiger partial charge in [0.05, 0.1) is 19.3 Å². The smallest absolute Gasteiger partial charge is 0.238 e. The maximum atomic E-state index is 12.3. The van der Waals surface area contributed by atoms with Gasteiger partial charge < -0.3 is 10.1 Å². The average Bonchev–Trinajstić information content (AvgIpc) is 2.99. The van der Waals surface area contributed by atoms with Crippen LogP contribution < -0.4 is 10.1 Å². The highest BCUT2D eigenvalue weighted by atomic mass is 32.1. The standard InChI is InChI=1S/C17H22N2O2S/c1-4-19(11-14-6-5-9-22-14)12-17(20)18-15-10-13(2)7-8-16(15)21-3/h5-10H,4,11-12H2,1-3H3,(H,18,20). The Bertz CT molecular complexity index is 611.